The average Bonchev–Trinajstić information content (AvgIpc) is 3.44. The largest absolute Gasteiger partial charge is 0.366 e. The minimum absolute atomic E-state index is 0.174. The first-order valence-corrected chi connectivity index (χ1v) is 13.4. The Morgan fingerprint density at radius 3 is 2.53 bits per heavy atom. The Balaban J connectivity index is 0.000000256. The highest BCUT2D eigenvalue weighted by Gasteiger charge is 2.17. The molecule has 1 atom stereocenters. The molecule has 38 heavy (non-hydrogen) atoms. The summed E-state index contributed by atoms with van der Waals surface area (Å²) >= 11 is 5.91. The number of amides is 2. The number of nitriles is 1. The van der Waals surface area contributed by atoms with Crippen LogP contribution < -0.4 is 11.1 Å². The number of hydrogen-bond acceptors (Lipinski definition) is 4. The summed E-state index contributed by atoms with van der Waals surface area (Å²) in [6.45, 7) is 3.87. The molecule has 0 saturated carbocycles. The fourth-order valence-electron chi connectivity index (χ4n) is 4.48. The monoisotopic (exact) mass is 530 g/mol. The number of hydrogen-bond donors (Lipinski definition) is 2. The maximum Gasteiger partial charge on any atom is 0.253 e. The molecule has 0 aliphatic carbocycles. The highest BCUT2D eigenvalue weighted by Crippen LogP contribution is 2.26. The van der Waals surface area contributed by atoms with Gasteiger partial charge in [-0.05, 0) is 85.3 Å². The van der Waals surface area contributed by atoms with Crippen LogP contribution in [0.3, 0.4) is 0 Å². The number of carbonyl (C=O) groups excluding carboxylic acids is 2. The van der Waals surface area contributed by atoms with E-state index in [1.807, 2.05) is 18.2 Å². The van der Waals surface area contributed by atoms with E-state index < -0.39 is 5.91 Å². The highest BCUT2D eigenvalue weighted by atomic mass is 35.5. The fraction of sp³-hybridized carbons (Fsp3) is 0.323. The van der Waals surface area contributed by atoms with E-state index in [1.54, 1.807) is 42.3 Å². The van der Waals surface area contributed by atoms with Gasteiger partial charge in [-0.25, -0.2) is 0 Å². The third-order valence-corrected chi connectivity index (χ3v) is 6.79. The molecule has 1 fully saturated rings. The molecular weight excluding hydrogens is 496 g/mol. The summed E-state index contributed by atoms with van der Waals surface area (Å²) in [5.74, 6) is -0.784. The van der Waals surface area contributed by atoms with Gasteiger partial charge < -0.3 is 16.0 Å². The normalized spacial score (nSPS) is 14.2. The van der Waals surface area contributed by atoms with E-state index in [-0.39, 0.29) is 11.5 Å². The smallest absolute Gasteiger partial charge is 0.253 e. The molecule has 6 nitrogen and oxygen atoms in total. The van der Waals surface area contributed by atoms with Crippen molar-refractivity contribution >= 4 is 23.4 Å². The standard InChI is InChI=1S/C20H21N3O2.C11H14ClN/c1-3-4-9-23(2)20(25)17-11-15(10-16(12-17)19(22)24)18-8-6-5-7-14(18)13-21;12-10-4-1-3-9(7-10)8-11-5-2-6-13-11/h5-8,10-12H,3-4,9H2,1-2H3,(H2,22,24);1,3-4,7,11,13H,2,5-6,8H2/t;11-/m.1/s1. The van der Waals surface area contributed by atoms with Gasteiger partial charge in [0, 0.05) is 35.8 Å². The average molecular weight is 531 g/mol. The maximum absolute atomic E-state index is 12.7. The number of benzene rings is 3. The maximum atomic E-state index is 12.7. The minimum Gasteiger partial charge on any atom is -0.366 e. The molecule has 198 valence electrons. The molecule has 0 bridgehead atoms. The van der Waals surface area contributed by atoms with Crippen LogP contribution in [-0.2, 0) is 6.42 Å². The van der Waals surface area contributed by atoms with E-state index in [2.05, 4.69) is 30.4 Å². The van der Waals surface area contributed by atoms with E-state index in [0.717, 1.165) is 24.3 Å². The predicted molar refractivity (Wildman–Crippen MR) is 153 cm³/mol. The second-order valence-electron chi connectivity index (χ2n) is 9.53. The molecule has 1 aliphatic rings. The van der Waals surface area contributed by atoms with E-state index in [9.17, 15) is 14.9 Å². The molecule has 2 amide bonds. The quantitative estimate of drug-likeness (QED) is 0.382. The molecule has 1 aliphatic heterocycles. The molecule has 4 rings (SSSR count). The van der Waals surface area contributed by atoms with Crippen LogP contribution in [0.4, 0.5) is 0 Å². The molecule has 0 spiro atoms. The number of nitrogens with two attached hydrogens (primary N) is 1. The van der Waals surface area contributed by atoms with E-state index in [1.165, 1.54) is 31.0 Å². The molecule has 3 aromatic carbocycles. The lowest BCUT2D eigenvalue weighted by molar-refractivity contribution is 0.0793. The number of carbonyl (C=O) groups is 2. The third-order valence-electron chi connectivity index (χ3n) is 6.55. The molecule has 3 aromatic rings. The Kier molecular flexibility index (Phi) is 10.9. The van der Waals surface area contributed by atoms with Crippen molar-refractivity contribution in [2.24, 2.45) is 5.73 Å². The fourth-order valence-corrected chi connectivity index (χ4v) is 4.69. The molecule has 1 saturated heterocycles. The molecule has 3 N–H and O–H groups in total. The number of nitrogens with zero attached hydrogens (tertiary/aromatic N) is 2. The van der Waals surface area contributed by atoms with Gasteiger partial charge in [-0.15, -0.1) is 0 Å². The van der Waals surface area contributed by atoms with Gasteiger partial charge in [0.05, 0.1) is 11.6 Å². The molecule has 0 radical (unpaired) electrons. The van der Waals surface area contributed by atoms with Crippen LogP contribution in [0.5, 0.6) is 0 Å². The number of primary amides is 1. The van der Waals surface area contributed by atoms with Crippen molar-refractivity contribution in [3.63, 3.8) is 0 Å². The lowest BCUT2D eigenvalue weighted by Gasteiger charge is -2.18. The van der Waals surface area contributed by atoms with Crippen LogP contribution in [0.15, 0.2) is 66.7 Å². The summed E-state index contributed by atoms with van der Waals surface area (Å²) in [4.78, 5) is 26.0. The Hall–Kier alpha value is -3.66. The van der Waals surface area contributed by atoms with Gasteiger partial charge in [0.25, 0.3) is 5.91 Å². The van der Waals surface area contributed by atoms with Gasteiger partial charge >= 0.3 is 0 Å². The van der Waals surface area contributed by atoms with Crippen molar-refractivity contribution in [2.75, 3.05) is 20.1 Å². The lowest BCUT2D eigenvalue weighted by atomic mass is 9.96. The summed E-state index contributed by atoms with van der Waals surface area (Å²) in [6.07, 6.45) is 5.61. The van der Waals surface area contributed by atoms with Crippen LogP contribution in [0.25, 0.3) is 11.1 Å². The molecule has 0 aromatic heterocycles. The number of nitrogens with one attached hydrogen (secondary N) is 1. The van der Waals surface area contributed by atoms with E-state index in [4.69, 9.17) is 17.3 Å². The zero-order valence-electron chi connectivity index (χ0n) is 22.0. The zero-order chi connectivity index (χ0) is 27.5. The number of unbranched alkanes of at least 4 members (excludes halogenated alkanes) is 1. The molecule has 7 heteroatoms. The third kappa shape index (κ3) is 8.17. The Bertz CT molecular complexity index is 1300. The van der Waals surface area contributed by atoms with Crippen molar-refractivity contribution < 1.29 is 9.59 Å². The van der Waals surface area contributed by atoms with Crippen molar-refractivity contribution in [2.45, 2.75) is 45.1 Å². The SMILES string of the molecule is CCCCN(C)C(=O)c1cc(C(N)=O)cc(-c2ccccc2C#N)c1.Clc1cccc(C[C@H]2CCCN2)c1. The summed E-state index contributed by atoms with van der Waals surface area (Å²) < 4.78 is 0. The first-order chi connectivity index (χ1) is 18.3. The minimum atomic E-state index is -0.610. The van der Waals surface area contributed by atoms with Crippen LogP contribution >= 0.6 is 11.6 Å². The second-order valence-corrected chi connectivity index (χ2v) is 9.96. The van der Waals surface area contributed by atoms with Gasteiger partial charge in [0.2, 0.25) is 5.91 Å². The van der Waals surface area contributed by atoms with Crippen molar-refractivity contribution in [1.29, 1.82) is 5.26 Å². The summed E-state index contributed by atoms with van der Waals surface area (Å²) in [7, 11) is 1.73. The van der Waals surface area contributed by atoms with Crippen molar-refractivity contribution in [1.82, 2.24) is 10.2 Å². The van der Waals surface area contributed by atoms with Crippen LogP contribution in [-0.4, -0.2) is 42.9 Å². The first kappa shape index (κ1) is 28.9. The Labute approximate surface area is 230 Å². The topological polar surface area (TPSA) is 99.2 Å². The van der Waals surface area contributed by atoms with Crippen LogP contribution in [0.1, 0.15) is 64.4 Å². The van der Waals surface area contributed by atoms with Gasteiger partial charge in [0.15, 0.2) is 0 Å². The van der Waals surface area contributed by atoms with Crippen LogP contribution in [0, 0.1) is 11.3 Å². The lowest BCUT2D eigenvalue weighted by Crippen LogP contribution is -2.28. The van der Waals surface area contributed by atoms with Gasteiger partial charge in [-0.3, -0.25) is 9.59 Å². The predicted octanol–water partition coefficient (Wildman–Crippen LogP) is 5.83. The van der Waals surface area contributed by atoms with Crippen molar-refractivity contribution in [3.05, 3.63) is 94.0 Å². The summed E-state index contributed by atoms with van der Waals surface area (Å²) in [5.41, 5.74) is 9.17. The van der Waals surface area contributed by atoms with E-state index in [0.29, 0.717) is 34.8 Å². The molecular formula is C31H35ClN4O2. The summed E-state index contributed by atoms with van der Waals surface area (Å²) in [5, 5.41) is 13.6. The Morgan fingerprint density at radius 1 is 1.11 bits per heavy atom. The number of halogens is 1. The van der Waals surface area contributed by atoms with E-state index >= 15 is 0 Å². The first-order valence-electron chi connectivity index (χ1n) is 13.0. The summed E-state index contributed by atoms with van der Waals surface area (Å²) in [6, 6.07) is 22.8. The second kappa shape index (κ2) is 14.3. The molecule has 0 unspecified atom stereocenters. The Morgan fingerprint density at radius 2 is 1.87 bits per heavy atom. The van der Waals surface area contributed by atoms with Gasteiger partial charge in [-0.1, -0.05) is 55.3 Å². The zero-order valence-corrected chi connectivity index (χ0v) is 22.8. The number of rotatable bonds is 8. The van der Waals surface area contributed by atoms with Gasteiger partial charge in [-0.2, -0.15) is 5.26 Å². The van der Waals surface area contributed by atoms with Crippen LogP contribution in [0.2, 0.25) is 5.02 Å². The molecule has 1 heterocycles. The highest BCUT2D eigenvalue weighted by molar-refractivity contribution is 6.30. The van der Waals surface area contributed by atoms with Gasteiger partial charge in [0.1, 0.15) is 0 Å². The van der Waals surface area contributed by atoms with Crippen molar-refractivity contribution in [3.8, 4) is 17.2 Å².